The van der Waals surface area contributed by atoms with E-state index in [1.165, 1.54) is 17.4 Å². The van der Waals surface area contributed by atoms with Gasteiger partial charge in [0.1, 0.15) is 16.5 Å². The molecule has 2 amide bonds. The van der Waals surface area contributed by atoms with E-state index in [1.807, 2.05) is 41.3 Å². The first-order valence-corrected chi connectivity index (χ1v) is 11.1. The smallest absolute Gasteiger partial charge is 0.275 e. The fraction of sp³-hybridized carbons (Fsp3) is 0.0800. The molecule has 6 nitrogen and oxygen atoms in total. The van der Waals surface area contributed by atoms with Crippen LogP contribution in [0.3, 0.4) is 0 Å². The molecule has 0 aliphatic carbocycles. The summed E-state index contributed by atoms with van der Waals surface area (Å²) < 4.78 is 14.0. The molecule has 0 saturated carbocycles. The first-order valence-electron chi connectivity index (χ1n) is 10.2. The number of halogens is 1. The number of hydrogen-bond acceptors (Lipinski definition) is 5. The first kappa shape index (κ1) is 22.2. The van der Waals surface area contributed by atoms with Gasteiger partial charge in [-0.05, 0) is 35.9 Å². The Morgan fingerprint density at radius 3 is 2.52 bits per heavy atom. The Hall–Kier alpha value is -4.04. The summed E-state index contributed by atoms with van der Waals surface area (Å²) in [6.07, 6.45) is 0. The van der Waals surface area contributed by atoms with Gasteiger partial charge >= 0.3 is 0 Å². The highest BCUT2D eigenvalue weighted by molar-refractivity contribution is 7.13. The zero-order valence-electron chi connectivity index (χ0n) is 17.6. The molecule has 0 atom stereocenters. The SMILES string of the molecule is NC(=O)CN(Cc1ccccc1)c1cccc(NC(=O)c2csc(-c3ccccc3F)n2)c1. The molecular weight excluding hydrogens is 439 g/mol. The van der Waals surface area contributed by atoms with Crippen LogP contribution < -0.4 is 16.0 Å². The maximum Gasteiger partial charge on any atom is 0.275 e. The number of hydrogen-bond donors (Lipinski definition) is 2. The standard InChI is InChI=1S/C25H21FN4O2S/c26-21-12-5-4-11-20(21)25-29-22(16-33-25)24(32)28-18-9-6-10-19(13-18)30(15-23(27)31)14-17-7-2-1-3-8-17/h1-13,16H,14-15H2,(H2,27,31)(H,28,32). The van der Waals surface area contributed by atoms with Crippen LogP contribution in [0.4, 0.5) is 15.8 Å². The van der Waals surface area contributed by atoms with E-state index in [0.29, 0.717) is 22.8 Å². The van der Waals surface area contributed by atoms with Crippen molar-refractivity contribution in [3.63, 3.8) is 0 Å². The van der Waals surface area contributed by atoms with Crippen molar-refractivity contribution in [2.45, 2.75) is 6.54 Å². The number of nitrogens with zero attached hydrogens (tertiary/aromatic N) is 2. The van der Waals surface area contributed by atoms with Gasteiger partial charge in [-0.3, -0.25) is 9.59 Å². The summed E-state index contributed by atoms with van der Waals surface area (Å²) in [5.74, 6) is -1.25. The van der Waals surface area contributed by atoms with Gasteiger partial charge in [0.05, 0.1) is 6.54 Å². The molecule has 1 aromatic heterocycles. The highest BCUT2D eigenvalue weighted by atomic mass is 32.1. The second-order valence-electron chi connectivity index (χ2n) is 7.33. The third kappa shape index (κ3) is 5.61. The lowest BCUT2D eigenvalue weighted by Gasteiger charge is -2.24. The third-order valence-corrected chi connectivity index (χ3v) is 5.75. The molecule has 8 heteroatoms. The Balaban J connectivity index is 1.52. The quantitative estimate of drug-likeness (QED) is 0.399. The molecule has 3 aromatic carbocycles. The Bertz CT molecular complexity index is 1280. The fourth-order valence-corrected chi connectivity index (χ4v) is 4.17. The largest absolute Gasteiger partial charge is 0.368 e. The van der Waals surface area contributed by atoms with Gasteiger partial charge in [-0.2, -0.15) is 0 Å². The molecular formula is C25H21FN4O2S. The Morgan fingerprint density at radius 2 is 1.76 bits per heavy atom. The highest BCUT2D eigenvalue weighted by Gasteiger charge is 2.16. The number of carbonyl (C=O) groups excluding carboxylic acids is 2. The van der Waals surface area contributed by atoms with E-state index in [1.54, 1.807) is 41.8 Å². The number of carbonyl (C=O) groups is 2. The summed E-state index contributed by atoms with van der Waals surface area (Å²) in [5.41, 5.74) is 8.31. The van der Waals surface area contributed by atoms with Gasteiger partial charge < -0.3 is 16.0 Å². The minimum Gasteiger partial charge on any atom is -0.368 e. The molecule has 0 unspecified atom stereocenters. The predicted molar refractivity (Wildman–Crippen MR) is 129 cm³/mol. The maximum atomic E-state index is 14.0. The molecule has 0 bridgehead atoms. The number of primary amides is 1. The molecule has 0 fully saturated rings. The molecule has 166 valence electrons. The van der Waals surface area contributed by atoms with Crippen LogP contribution >= 0.6 is 11.3 Å². The number of rotatable bonds is 8. The topological polar surface area (TPSA) is 88.3 Å². The molecule has 0 radical (unpaired) electrons. The van der Waals surface area contributed by atoms with Crippen LogP contribution in [0.15, 0.2) is 84.2 Å². The Morgan fingerprint density at radius 1 is 1.00 bits per heavy atom. The fourth-order valence-electron chi connectivity index (χ4n) is 3.34. The van der Waals surface area contributed by atoms with E-state index >= 15 is 0 Å². The second-order valence-corrected chi connectivity index (χ2v) is 8.19. The third-order valence-electron chi connectivity index (χ3n) is 4.87. The molecule has 0 saturated heterocycles. The molecule has 3 N–H and O–H groups in total. The van der Waals surface area contributed by atoms with Crippen LogP contribution in [0.1, 0.15) is 16.1 Å². The van der Waals surface area contributed by atoms with Crippen molar-refractivity contribution in [1.82, 2.24) is 4.98 Å². The van der Waals surface area contributed by atoms with Gasteiger partial charge in [-0.1, -0.05) is 48.5 Å². The number of anilines is 2. The normalized spacial score (nSPS) is 10.6. The Labute approximate surface area is 194 Å². The highest BCUT2D eigenvalue weighted by Crippen LogP contribution is 2.27. The van der Waals surface area contributed by atoms with E-state index in [4.69, 9.17) is 5.73 Å². The average Bonchev–Trinajstić information content (AvgIpc) is 3.30. The second kappa shape index (κ2) is 10.1. The predicted octanol–water partition coefficient (Wildman–Crippen LogP) is 4.69. The number of amides is 2. The summed E-state index contributed by atoms with van der Waals surface area (Å²) in [4.78, 5) is 30.5. The van der Waals surface area contributed by atoms with Crippen molar-refractivity contribution in [2.75, 3.05) is 16.8 Å². The van der Waals surface area contributed by atoms with Gasteiger partial charge in [0, 0.05) is 28.9 Å². The number of aromatic nitrogens is 1. The summed E-state index contributed by atoms with van der Waals surface area (Å²) in [5, 5.41) is 4.84. The van der Waals surface area contributed by atoms with Crippen molar-refractivity contribution < 1.29 is 14.0 Å². The van der Waals surface area contributed by atoms with Gasteiger partial charge in [0.15, 0.2) is 0 Å². The maximum absolute atomic E-state index is 14.0. The lowest BCUT2D eigenvalue weighted by Crippen LogP contribution is -2.33. The van der Waals surface area contributed by atoms with Gasteiger partial charge in [-0.25, -0.2) is 9.37 Å². The summed E-state index contributed by atoms with van der Waals surface area (Å²) in [6, 6.07) is 23.2. The van der Waals surface area contributed by atoms with Gasteiger partial charge in [0.25, 0.3) is 5.91 Å². The summed E-state index contributed by atoms with van der Waals surface area (Å²) in [7, 11) is 0. The molecule has 0 aliphatic rings. The van der Waals surface area contributed by atoms with Crippen LogP contribution in [0.25, 0.3) is 10.6 Å². The average molecular weight is 461 g/mol. The van der Waals surface area contributed by atoms with E-state index < -0.39 is 11.8 Å². The monoisotopic (exact) mass is 460 g/mol. The van der Waals surface area contributed by atoms with Crippen LogP contribution in [-0.2, 0) is 11.3 Å². The van der Waals surface area contributed by atoms with E-state index in [0.717, 1.165) is 11.3 Å². The lowest BCUT2D eigenvalue weighted by molar-refractivity contribution is -0.116. The summed E-state index contributed by atoms with van der Waals surface area (Å²) >= 11 is 1.20. The number of nitrogens with one attached hydrogen (secondary N) is 1. The molecule has 0 spiro atoms. The molecule has 0 aliphatic heterocycles. The van der Waals surface area contributed by atoms with Crippen LogP contribution in [0, 0.1) is 5.82 Å². The molecule has 1 heterocycles. The summed E-state index contributed by atoms with van der Waals surface area (Å²) in [6.45, 7) is 0.518. The van der Waals surface area contributed by atoms with Gasteiger partial charge in [-0.15, -0.1) is 11.3 Å². The van der Waals surface area contributed by atoms with Crippen molar-refractivity contribution in [2.24, 2.45) is 5.73 Å². The minimum absolute atomic E-state index is 0.0321. The zero-order valence-corrected chi connectivity index (χ0v) is 18.4. The van der Waals surface area contributed by atoms with Crippen molar-refractivity contribution in [1.29, 1.82) is 0 Å². The number of nitrogens with two attached hydrogens (primary N) is 1. The van der Waals surface area contributed by atoms with E-state index in [-0.39, 0.29) is 18.1 Å². The molecule has 4 aromatic rings. The van der Waals surface area contributed by atoms with Crippen molar-refractivity contribution in [3.8, 4) is 10.6 Å². The number of benzene rings is 3. The van der Waals surface area contributed by atoms with Crippen LogP contribution in [0.2, 0.25) is 0 Å². The van der Waals surface area contributed by atoms with Crippen molar-refractivity contribution in [3.05, 3.63) is 101 Å². The molecule has 4 rings (SSSR count). The first-order chi connectivity index (χ1) is 16.0. The van der Waals surface area contributed by atoms with E-state index in [2.05, 4.69) is 10.3 Å². The Kier molecular flexibility index (Phi) is 6.75. The zero-order chi connectivity index (χ0) is 23.2. The minimum atomic E-state index is -0.455. The van der Waals surface area contributed by atoms with E-state index in [9.17, 15) is 14.0 Å². The van der Waals surface area contributed by atoms with Gasteiger partial charge in [0.2, 0.25) is 5.91 Å². The van der Waals surface area contributed by atoms with Crippen LogP contribution in [0.5, 0.6) is 0 Å². The lowest BCUT2D eigenvalue weighted by atomic mass is 10.2. The molecule has 33 heavy (non-hydrogen) atoms. The van der Waals surface area contributed by atoms with Crippen molar-refractivity contribution >= 4 is 34.5 Å². The number of thiazole rings is 1. The van der Waals surface area contributed by atoms with Crippen LogP contribution in [-0.4, -0.2) is 23.3 Å².